The highest BCUT2D eigenvalue weighted by atomic mass is 35.5. The highest BCUT2D eigenvalue weighted by molar-refractivity contribution is 6.30. The van der Waals surface area contributed by atoms with E-state index >= 15 is 0 Å². The van der Waals surface area contributed by atoms with Crippen molar-refractivity contribution in [2.45, 2.75) is 19.0 Å². The normalized spacial score (nSPS) is 14.6. The van der Waals surface area contributed by atoms with Crippen molar-refractivity contribution >= 4 is 17.4 Å². The molecule has 0 saturated carbocycles. The van der Waals surface area contributed by atoms with Crippen molar-refractivity contribution in [3.05, 3.63) is 34.9 Å². The summed E-state index contributed by atoms with van der Waals surface area (Å²) in [6.07, 6.45) is -5.15. The summed E-state index contributed by atoms with van der Waals surface area (Å²) in [5.74, 6) is -2.54. The van der Waals surface area contributed by atoms with Crippen LogP contribution in [0.4, 0.5) is 13.2 Å². The number of hydrogen-bond donors (Lipinski definition) is 1. The number of ketones is 1. The van der Waals surface area contributed by atoms with Crippen LogP contribution < -0.4 is 0 Å². The second kappa shape index (κ2) is 6.75. The Balaban J connectivity index is 2.75. The minimum atomic E-state index is -3.14. The van der Waals surface area contributed by atoms with Crippen LogP contribution in [-0.2, 0) is 4.79 Å². The molecule has 0 fully saturated rings. The van der Waals surface area contributed by atoms with Crippen molar-refractivity contribution in [2.75, 3.05) is 6.67 Å². The van der Waals surface area contributed by atoms with Gasteiger partial charge in [0.15, 0.2) is 5.78 Å². The Morgan fingerprint density at radius 1 is 1.28 bits per heavy atom. The van der Waals surface area contributed by atoms with E-state index in [4.69, 9.17) is 11.6 Å². The number of carbonyl (C=O) groups is 1. The maximum atomic E-state index is 12.7. The zero-order valence-corrected chi connectivity index (χ0v) is 10.1. The van der Waals surface area contributed by atoms with Crippen molar-refractivity contribution in [3.63, 3.8) is 0 Å². The van der Waals surface area contributed by atoms with E-state index in [1.165, 1.54) is 24.3 Å². The molecule has 0 unspecified atom stereocenters. The van der Waals surface area contributed by atoms with Gasteiger partial charge in [0, 0.05) is 17.4 Å². The Kier molecular flexibility index (Phi) is 5.62. The van der Waals surface area contributed by atoms with Gasteiger partial charge in [0.2, 0.25) is 0 Å². The molecule has 1 aromatic carbocycles. The molecule has 0 aromatic heterocycles. The molecule has 6 heteroatoms. The topological polar surface area (TPSA) is 37.3 Å². The number of alkyl halides is 3. The third-order valence-corrected chi connectivity index (χ3v) is 2.81. The van der Waals surface area contributed by atoms with Crippen molar-refractivity contribution in [3.8, 4) is 0 Å². The van der Waals surface area contributed by atoms with Crippen LogP contribution in [0.15, 0.2) is 24.3 Å². The molecule has 0 saturated heterocycles. The largest absolute Gasteiger partial charge is 0.388 e. The lowest BCUT2D eigenvalue weighted by atomic mass is 9.92. The standard InChI is InChI=1S/C12H12ClF3O2/c13-9-3-1-7(2-4-9)11(18)8(6-14)5-10(17)12(15)16/h1-4,8,11-12,18H,5-6H2/t8-,11-/m1/s1. The molecule has 0 amide bonds. The number of aliphatic hydroxyl groups excluding tert-OH is 1. The summed E-state index contributed by atoms with van der Waals surface area (Å²) in [7, 11) is 0. The second-order valence-electron chi connectivity index (χ2n) is 3.88. The van der Waals surface area contributed by atoms with Crippen LogP contribution in [0, 0.1) is 5.92 Å². The molecule has 0 heterocycles. The minimum Gasteiger partial charge on any atom is -0.388 e. The summed E-state index contributed by atoms with van der Waals surface area (Å²) < 4.78 is 36.9. The van der Waals surface area contributed by atoms with Crippen molar-refractivity contribution in [2.24, 2.45) is 5.92 Å². The molecular weight excluding hydrogens is 269 g/mol. The zero-order valence-electron chi connectivity index (χ0n) is 9.32. The molecule has 0 aliphatic carbocycles. The van der Waals surface area contributed by atoms with Gasteiger partial charge in [-0.15, -0.1) is 0 Å². The molecule has 0 aliphatic heterocycles. The number of aliphatic hydroxyl groups is 1. The van der Waals surface area contributed by atoms with Gasteiger partial charge in [0.25, 0.3) is 6.43 Å². The van der Waals surface area contributed by atoms with E-state index in [1.807, 2.05) is 0 Å². The molecule has 2 atom stereocenters. The van der Waals surface area contributed by atoms with Crippen LogP contribution in [0.2, 0.25) is 5.02 Å². The van der Waals surface area contributed by atoms with Crippen molar-refractivity contribution in [1.82, 2.24) is 0 Å². The fourth-order valence-electron chi connectivity index (χ4n) is 1.53. The first-order valence-electron chi connectivity index (χ1n) is 5.26. The fourth-order valence-corrected chi connectivity index (χ4v) is 1.66. The van der Waals surface area contributed by atoms with Gasteiger partial charge >= 0.3 is 0 Å². The number of hydrogen-bond acceptors (Lipinski definition) is 2. The quantitative estimate of drug-likeness (QED) is 0.869. The Bertz CT molecular complexity index is 395. The first kappa shape index (κ1) is 15.0. The molecule has 0 radical (unpaired) electrons. The van der Waals surface area contributed by atoms with E-state index in [2.05, 4.69) is 0 Å². The van der Waals surface area contributed by atoms with Crippen LogP contribution in [0.25, 0.3) is 0 Å². The molecule has 0 aliphatic rings. The van der Waals surface area contributed by atoms with Crippen LogP contribution in [0.3, 0.4) is 0 Å². The second-order valence-corrected chi connectivity index (χ2v) is 4.32. The third kappa shape index (κ3) is 3.99. The molecule has 2 nitrogen and oxygen atoms in total. The van der Waals surface area contributed by atoms with Gasteiger partial charge in [-0.05, 0) is 17.7 Å². The molecule has 1 aromatic rings. The van der Waals surface area contributed by atoms with Crippen LogP contribution in [0.5, 0.6) is 0 Å². The Morgan fingerprint density at radius 2 is 1.83 bits per heavy atom. The fraction of sp³-hybridized carbons (Fsp3) is 0.417. The molecule has 0 spiro atoms. The van der Waals surface area contributed by atoms with E-state index in [9.17, 15) is 23.1 Å². The number of halogens is 4. The van der Waals surface area contributed by atoms with Crippen LogP contribution in [0.1, 0.15) is 18.1 Å². The Hall–Kier alpha value is -1.07. The van der Waals surface area contributed by atoms with E-state index in [0.717, 1.165) is 0 Å². The maximum absolute atomic E-state index is 12.7. The van der Waals surface area contributed by atoms with E-state index in [-0.39, 0.29) is 0 Å². The minimum absolute atomic E-state index is 0.337. The summed E-state index contributed by atoms with van der Waals surface area (Å²) in [6.45, 7) is -1.05. The lowest BCUT2D eigenvalue weighted by Crippen LogP contribution is -2.22. The molecule has 1 rings (SSSR count). The molecule has 100 valence electrons. The molecule has 18 heavy (non-hydrogen) atoms. The van der Waals surface area contributed by atoms with Gasteiger partial charge in [0.05, 0.1) is 12.8 Å². The number of carbonyl (C=O) groups excluding carboxylic acids is 1. The van der Waals surface area contributed by atoms with Crippen LogP contribution >= 0.6 is 11.6 Å². The molecule has 1 N–H and O–H groups in total. The van der Waals surface area contributed by atoms with Gasteiger partial charge in [-0.1, -0.05) is 23.7 Å². The Morgan fingerprint density at radius 3 is 2.28 bits per heavy atom. The van der Waals surface area contributed by atoms with Crippen LogP contribution in [-0.4, -0.2) is 24.0 Å². The smallest absolute Gasteiger partial charge is 0.295 e. The summed E-state index contributed by atoms with van der Waals surface area (Å²) in [5, 5.41) is 10.3. The lowest BCUT2D eigenvalue weighted by Gasteiger charge is -2.19. The number of benzene rings is 1. The first-order chi connectivity index (χ1) is 8.45. The van der Waals surface area contributed by atoms with Crippen molar-refractivity contribution < 1.29 is 23.1 Å². The van der Waals surface area contributed by atoms with Gasteiger partial charge in [0.1, 0.15) is 0 Å². The van der Waals surface area contributed by atoms with E-state index in [0.29, 0.717) is 10.6 Å². The number of Topliss-reactive ketones (excluding diaryl/α,β-unsaturated/α-hetero) is 1. The maximum Gasteiger partial charge on any atom is 0.295 e. The summed E-state index contributed by atoms with van der Waals surface area (Å²) >= 11 is 5.65. The van der Waals surface area contributed by atoms with E-state index in [1.54, 1.807) is 0 Å². The third-order valence-electron chi connectivity index (χ3n) is 2.56. The number of rotatable bonds is 6. The summed E-state index contributed by atoms with van der Waals surface area (Å²) in [5.41, 5.74) is 0.337. The molecule has 0 bridgehead atoms. The lowest BCUT2D eigenvalue weighted by molar-refractivity contribution is -0.131. The average Bonchev–Trinajstić information content (AvgIpc) is 2.35. The zero-order chi connectivity index (χ0) is 13.7. The highest BCUT2D eigenvalue weighted by Crippen LogP contribution is 2.27. The SMILES string of the molecule is O=C(C[C@H](CF)[C@H](O)c1ccc(Cl)cc1)C(F)F. The van der Waals surface area contributed by atoms with Crippen molar-refractivity contribution in [1.29, 1.82) is 0 Å². The van der Waals surface area contributed by atoms with Gasteiger partial charge in [-0.3, -0.25) is 9.18 Å². The highest BCUT2D eigenvalue weighted by Gasteiger charge is 2.27. The van der Waals surface area contributed by atoms with E-state index < -0.39 is 37.3 Å². The monoisotopic (exact) mass is 280 g/mol. The average molecular weight is 281 g/mol. The summed E-state index contributed by atoms with van der Waals surface area (Å²) in [6, 6.07) is 5.90. The van der Waals surface area contributed by atoms with Gasteiger partial charge in [-0.2, -0.15) is 0 Å². The summed E-state index contributed by atoms with van der Waals surface area (Å²) in [4.78, 5) is 10.9. The first-order valence-corrected chi connectivity index (χ1v) is 5.64. The van der Waals surface area contributed by atoms with Gasteiger partial charge < -0.3 is 5.11 Å². The predicted octanol–water partition coefficient (Wildman–Crippen LogP) is 3.18. The predicted molar refractivity (Wildman–Crippen MR) is 61.5 cm³/mol. The molecular formula is C12H12ClF3O2. The Labute approximate surface area is 107 Å². The van der Waals surface area contributed by atoms with Gasteiger partial charge in [-0.25, -0.2) is 8.78 Å².